The van der Waals surface area contributed by atoms with Crippen LogP contribution in [-0.2, 0) is 0 Å². The van der Waals surface area contributed by atoms with Crippen LogP contribution in [0.5, 0.6) is 0 Å². The molecule has 6 heteroatoms. The van der Waals surface area contributed by atoms with Crippen LogP contribution in [0.4, 0.5) is 0 Å². The lowest BCUT2D eigenvalue weighted by Crippen LogP contribution is -2.06. The van der Waals surface area contributed by atoms with Gasteiger partial charge in [-0.25, -0.2) is 0 Å². The average Bonchev–Trinajstić information content (AvgIpc) is 2.63. The summed E-state index contributed by atoms with van der Waals surface area (Å²) in [6.07, 6.45) is 4.84. The maximum atomic E-state index is 9.98. The van der Waals surface area contributed by atoms with Crippen LogP contribution in [0.3, 0.4) is 0 Å². The highest BCUT2D eigenvalue weighted by atomic mass is 16.1. The largest absolute Gasteiger partial charge is 0.323 e. The molecule has 2 aromatic heterocycles. The molecule has 0 aliphatic rings. The first-order valence-electron chi connectivity index (χ1n) is 3.26. The van der Waals surface area contributed by atoms with E-state index in [-0.39, 0.29) is 5.56 Å². The maximum absolute atomic E-state index is 9.98. The van der Waals surface area contributed by atoms with E-state index in [0.29, 0.717) is 0 Å². The fourth-order valence-corrected chi connectivity index (χ4v) is 0.552. The summed E-state index contributed by atoms with van der Waals surface area (Å²) in [4.78, 5) is 11.2. The molecule has 0 aromatic carbocycles. The third-order valence-electron chi connectivity index (χ3n) is 1.04. The van der Waals surface area contributed by atoms with E-state index in [0.717, 1.165) is 0 Å². The van der Waals surface area contributed by atoms with E-state index in [9.17, 15) is 4.79 Å². The van der Waals surface area contributed by atoms with Crippen molar-refractivity contribution in [1.29, 1.82) is 0 Å². The van der Waals surface area contributed by atoms with E-state index in [1.807, 2.05) is 0 Å². The standard InChI is InChI=1S/C3H5N3.C3H4N2O/c4-6-3-1-2-5-6;6-3-1-2-4-5-3/h1-3H,4H2;1-2H,(H2,4,5,6). The minimum absolute atomic E-state index is 0.0880. The monoisotopic (exact) mass is 167 g/mol. The van der Waals surface area contributed by atoms with Gasteiger partial charge in [0.05, 0.1) is 6.20 Å². The lowest BCUT2D eigenvalue weighted by Gasteiger charge is -1.78. The molecule has 12 heavy (non-hydrogen) atoms. The topological polar surface area (TPSA) is 92.5 Å². The number of H-pyrrole nitrogens is 2. The molecule has 0 aliphatic heterocycles. The number of aromatic amines is 2. The summed E-state index contributed by atoms with van der Waals surface area (Å²) < 4.78 is 0. The molecule has 6 nitrogen and oxygen atoms in total. The quantitative estimate of drug-likeness (QED) is 0.453. The van der Waals surface area contributed by atoms with Crippen molar-refractivity contribution in [3.05, 3.63) is 41.1 Å². The fraction of sp³-hybridized carbons (Fsp3) is 0. The first-order chi connectivity index (χ1) is 5.79. The summed E-state index contributed by atoms with van der Waals surface area (Å²) in [5.74, 6) is 5.08. The Morgan fingerprint density at radius 3 is 2.58 bits per heavy atom. The molecule has 0 aliphatic carbocycles. The second-order valence-electron chi connectivity index (χ2n) is 1.95. The molecular weight excluding hydrogens is 158 g/mol. The molecule has 2 heterocycles. The first kappa shape index (κ1) is 8.12. The Morgan fingerprint density at radius 2 is 2.42 bits per heavy atom. The van der Waals surface area contributed by atoms with E-state index in [1.54, 1.807) is 24.7 Å². The van der Waals surface area contributed by atoms with E-state index in [4.69, 9.17) is 5.84 Å². The van der Waals surface area contributed by atoms with Crippen LogP contribution in [0.25, 0.3) is 0 Å². The van der Waals surface area contributed by atoms with Crippen molar-refractivity contribution < 1.29 is 0 Å². The molecule has 0 bridgehead atoms. The van der Waals surface area contributed by atoms with Gasteiger partial charge < -0.3 is 10.9 Å². The molecule has 0 atom stereocenters. The van der Waals surface area contributed by atoms with E-state index in [2.05, 4.69) is 15.3 Å². The predicted octanol–water partition coefficient (Wildman–Crippen LogP) is -0.700. The van der Waals surface area contributed by atoms with Gasteiger partial charge in [-0.2, -0.15) is 9.89 Å². The van der Waals surface area contributed by atoms with Crippen molar-refractivity contribution in [2.75, 3.05) is 5.84 Å². The van der Waals surface area contributed by atoms with Crippen LogP contribution >= 0.6 is 0 Å². The van der Waals surface area contributed by atoms with Gasteiger partial charge in [0.1, 0.15) is 0 Å². The molecule has 0 spiro atoms. The molecule has 4 N–H and O–H groups in total. The lowest BCUT2D eigenvalue weighted by atomic mass is 10.7. The summed E-state index contributed by atoms with van der Waals surface area (Å²) in [6.45, 7) is 0. The van der Waals surface area contributed by atoms with Crippen LogP contribution < -0.4 is 11.4 Å². The summed E-state index contributed by atoms with van der Waals surface area (Å²) in [5.41, 5.74) is -0.0880. The highest BCUT2D eigenvalue weighted by molar-refractivity contribution is 4.76. The normalized spacial score (nSPS) is 8.67. The van der Waals surface area contributed by atoms with Gasteiger partial charge in [-0.1, -0.05) is 0 Å². The summed E-state index contributed by atoms with van der Waals surface area (Å²) in [5, 5.41) is 8.42. The van der Waals surface area contributed by atoms with Crippen molar-refractivity contribution in [2.24, 2.45) is 0 Å². The number of nitrogens with zero attached hydrogens (tertiary/aromatic N) is 2. The van der Waals surface area contributed by atoms with Crippen LogP contribution in [0.15, 0.2) is 35.5 Å². The van der Waals surface area contributed by atoms with Crippen LogP contribution in [0.2, 0.25) is 0 Å². The van der Waals surface area contributed by atoms with Gasteiger partial charge >= 0.3 is 0 Å². The Balaban J connectivity index is 0.000000120. The van der Waals surface area contributed by atoms with Gasteiger partial charge in [-0.3, -0.25) is 9.89 Å². The molecule has 0 saturated heterocycles. The van der Waals surface area contributed by atoms with Crippen LogP contribution in [0.1, 0.15) is 0 Å². The average molecular weight is 167 g/mol. The van der Waals surface area contributed by atoms with Crippen molar-refractivity contribution >= 4 is 0 Å². The summed E-state index contributed by atoms with van der Waals surface area (Å²) >= 11 is 0. The van der Waals surface area contributed by atoms with Gasteiger partial charge in [-0.15, -0.1) is 0 Å². The smallest absolute Gasteiger partial charge is 0.263 e. The minimum atomic E-state index is -0.0880. The van der Waals surface area contributed by atoms with Crippen molar-refractivity contribution in [2.45, 2.75) is 0 Å². The molecule has 2 rings (SSSR count). The predicted molar refractivity (Wildman–Crippen MR) is 43.8 cm³/mol. The number of aromatic nitrogens is 4. The van der Waals surface area contributed by atoms with Crippen molar-refractivity contribution in [3.8, 4) is 0 Å². The number of nitrogens with one attached hydrogen (secondary N) is 2. The maximum Gasteiger partial charge on any atom is 0.263 e. The fourth-order valence-electron chi connectivity index (χ4n) is 0.552. The molecular formula is C6H9N5O. The number of hydrogen-bond acceptors (Lipinski definition) is 3. The van der Waals surface area contributed by atoms with E-state index >= 15 is 0 Å². The lowest BCUT2D eigenvalue weighted by molar-refractivity contribution is 0.832. The SMILES string of the molecule is Nn1cccn1.O=c1cc[nH][nH]1. The Kier molecular flexibility index (Phi) is 2.72. The third-order valence-corrected chi connectivity index (χ3v) is 1.04. The van der Waals surface area contributed by atoms with Gasteiger partial charge in [-0.05, 0) is 6.07 Å². The summed E-state index contributed by atoms with van der Waals surface area (Å²) in [6, 6.07) is 3.18. The Hall–Kier alpha value is -1.98. The second-order valence-corrected chi connectivity index (χ2v) is 1.95. The molecule has 64 valence electrons. The molecule has 0 radical (unpaired) electrons. The second kappa shape index (κ2) is 4.02. The number of nitrogens with two attached hydrogens (primary N) is 1. The number of nitrogen functional groups attached to an aromatic ring is 1. The van der Waals surface area contributed by atoms with Crippen LogP contribution in [0, 0.1) is 0 Å². The molecule has 0 unspecified atom stereocenters. The number of rotatable bonds is 0. The summed E-state index contributed by atoms with van der Waals surface area (Å²) in [7, 11) is 0. The third kappa shape index (κ3) is 2.74. The highest BCUT2D eigenvalue weighted by Crippen LogP contribution is 1.70. The zero-order valence-corrected chi connectivity index (χ0v) is 6.27. The first-order valence-corrected chi connectivity index (χ1v) is 3.26. The molecule has 0 amide bonds. The zero-order valence-electron chi connectivity index (χ0n) is 6.27. The Bertz CT molecular complexity index is 329. The van der Waals surface area contributed by atoms with Crippen molar-refractivity contribution in [1.82, 2.24) is 20.1 Å². The molecule has 0 fully saturated rings. The molecule has 0 saturated carbocycles. The van der Waals surface area contributed by atoms with Gasteiger partial charge in [0, 0.05) is 18.5 Å². The minimum Gasteiger partial charge on any atom is -0.323 e. The Labute approximate surface area is 68.0 Å². The van der Waals surface area contributed by atoms with E-state index < -0.39 is 0 Å². The van der Waals surface area contributed by atoms with Crippen molar-refractivity contribution in [3.63, 3.8) is 0 Å². The van der Waals surface area contributed by atoms with Gasteiger partial charge in [0.15, 0.2) is 0 Å². The van der Waals surface area contributed by atoms with Gasteiger partial charge in [0.2, 0.25) is 0 Å². The molecule has 2 aromatic rings. The van der Waals surface area contributed by atoms with Crippen LogP contribution in [-0.4, -0.2) is 20.1 Å². The highest BCUT2D eigenvalue weighted by Gasteiger charge is 1.70. The zero-order chi connectivity index (χ0) is 8.81. The number of hydrogen-bond donors (Lipinski definition) is 3. The van der Waals surface area contributed by atoms with Gasteiger partial charge in [0.25, 0.3) is 5.56 Å². The van der Waals surface area contributed by atoms with E-state index in [1.165, 1.54) is 10.9 Å². The Morgan fingerprint density at radius 1 is 1.58 bits per heavy atom.